The summed E-state index contributed by atoms with van der Waals surface area (Å²) in [5.74, 6) is -0.579. The van der Waals surface area contributed by atoms with E-state index >= 15 is 0 Å². The van der Waals surface area contributed by atoms with Gasteiger partial charge in [0.1, 0.15) is 22.6 Å². The lowest BCUT2D eigenvalue weighted by Crippen LogP contribution is -2.50. The van der Waals surface area contributed by atoms with Gasteiger partial charge in [0.15, 0.2) is 0 Å². The molecule has 0 aromatic heterocycles. The average molecular weight is 479 g/mol. The minimum Gasteiger partial charge on any atom is -0.487 e. The Morgan fingerprint density at radius 1 is 1.27 bits per heavy atom. The average Bonchev–Trinajstić information content (AvgIpc) is 2.79. The third-order valence-corrected chi connectivity index (χ3v) is 8.03. The molecule has 3 rings (SSSR count). The zero-order valence-electron chi connectivity index (χ0n) is 19.4. The lowest BCUT2D eigenvalue weighted by Gasteiger charge is -2.37. The first-order valence-corrected chi connectivity index (χ1v) is 12.5. The number of aliphatic hydroxyl groups excluding tert-OH is 1. The lowest BCUT2D eigenvalue weighted by atomic mass is 10.0. The maximum absolute atomic E-state index is 13.8. The summed E-state index contributed by atoms with van der Waals surface area (Å²) < 4.78 is 48.4. The van der Waals surface area contributed by atoms with Crippen LogP contribution in [-0.4, -0.2) is 67.5 Å². The third kappa shape index (κ3) is 5.37. The van der Waals surface area contributed by atoms with E-state index in [0.29, 0.717) is 17.5 Å². The molecule has 2 aromatic rings. The van der Waals surface area contributed by atoms with Crippen molar-refractivity contribution in [3.63, 3.8) is 0 Å². The molecule has 1 N–H and O–H groups in total. The van der Waals surface area contributed by atoms with E-state index in [0.717, 1.165) is 0 Å². The van der Waals surface area contributed by atoms with Crippen LogP contribution in [0.2, 0.25) is 0 Å². The number of hydrogen-bond acceptors (Lipinski definition) is 5. The van der Waals surface area contributed by atoms with Crippen LogP contribution in [0.15, 0.2) is 47.4 Å². The van der Waals surface area contributed by atoms with E-state index in [1.54, 1.807) is 50.1 Å². The number of halogens is 1. The van der Waals surface area contributed by atoms with Crippen molar-refractivity contribution in [1.82, 2.24) is 9.21 Å². The topological polar surface area (TPSA) is 87.2 Å². The van der Waals surface area contributed by atoms with Crippen LogP contribution in [0.5, 0.6) is 5.75 Å². The second-order valence-corrected chi connectivity index (χ2v) is 10.4. The van der Waals surface area contributed by atoms with Crippen LogP contribution < -0.4 is 4.74 Å². The first kappa shape index (κ1) is 25.1. The fourth-order valence-corrected chi connectivity index (χ4v) is 5.76. The Kier molecular flexibility index (Phi) is 7.76. The minimum absolute atomic E-state index is 0.0238. The maximum Gasteiger partial charge on any atom is 0.247 e. The second kappa shape index (κ2) is 10.2. The van der Waals surface area contributed by atoms with E-state index in [1.165, 1.54) is 22.5 Å². The quantitative estimate of drug-likeness (QED) is 0.689. The number of likely N-dealkylation sites (N-methyl/N-ethyl adjacent to an activating group) is 1. The SMILES string of the molecule is CCC(=O)N(C)C[C@H]1Oc2cc(-c3cccc(F)c3)ccc2S(=O)(=O)N([C@H](C)CO)C[C@@H]1C. The van der Waals surface area contributed by atoms with Crippen LogP contribution in [0.3, 0.4) is 0 Å². The fourth-order valence-electron chi connectivity index (χ4n) is 3.93. The van der Waals surface area contributed by atoms with Gasteiger partial charge in [-0.15, -0.1) is 0 Å². The molecule has 33 heavy (non-hydrogen) atoms. The minimum atomic E-state index is -3.97. The summed E-state index contributed by atoms with van der Waals surface area (Å²) in [6.45, 7) is 5.37. The number of ether oxygens (including phenoxy) is 1. The number of benzene rings is 2. The van der Waals surface area contributed by atoms with Crippen molar-refractivity contribution in [2.24, 2.45) is 5.92 Å². The largest absolute Gasteiger partial charge is 0.487 e. The monoisotopic (exact) mass is 478 g/mol. The molecule has 1 heterocycles. The summed E-state index contributed by atoms with van der Waals surface area (Å²) in [7, 11) is -2.28. The van der Waals surface area contributed by atoms with Crippen molar-refractivity contribution in [2.75, 3.05) is 26.7 Å². The zero-order valence-corrected chi connectivity index (χ0v) is 20.2. The van der Waals surface area contributed by atoms with Crippen molar-refractivity contribution in [2.45, 2.75) is 44.2 Å². The summed E-state index contributed by atoms with van der Waals surface area (Å²) in [5, 5.41) is 9.72. The van der Waals surface area contributed by atoms with E-state index in [1.807, 2.05) is 6.92 Å². The summed E-state index contributed by atoms with van der Waals surface area (Å²) >= 11 is 0. The summed E-state index contributed by atoms with van der Waals surface area (Å²) in [5.41, 5.74) is 1.19. The van der Waals surface area contributed by atoms with Crippen molar-refractivity contribution in [3.05, 3.63) is 48.3 Å². The summed E-state index contributed by atoms with van der Waals surface area (Å²) in [6.07, 6.45) is -0.143. The van der Waals surface area contributed by atoms with Gasteiger partial charge in [0.2, 0.25) is 15.9 Å². The molecule has 0 fully saturated rings. The Bertz CT molecular complexity index is 1110. The molecule has 1 aliphatic heterocycles. The van der Waals surface area contributed by atoms with Gasteiger partial charge in [-0.3, -0.25) is 4.79 Å². The van der Waals surface area contributed by atoms with Crippen LogP contribution in [0.4, 0.5) is 4.39 Å². The van der Waals surface area contributed by atoms with E-state index in [9.17, 15) is 22.7 Å². The van der Waals surface area contributed by atoms with Gasteiger partial charge in [-0.2, -0.15) is 4.31 Å². The number of amides is 1. The Balaban J connectivity index is 2.12. The van der Waals surface area contributed by atoms with Crippen LogP contribution in [0.25, 0.3) is 11.1 Å². The third-order valence-electron chi connectivity index (χ3n) is 6.01. The Labute approximate surface area is 194 Å². The van der Waals surface area contributed by atoms with Crippen molar-refractivity contribution < 1.29 is 27.4 Å². The normalized spacial score (nSPS) is 21.3. The van der Waals surface area contributed by atoms with Crippen LogP contribution in [0, 0.1) is 11.7 Å². The molecular weight excluding hydrogens is 447 g/mol. The molecule has 3 atom stereocenters. The van der Waals surface area contributed by atoms with E-state index < -0.39 is 28.0 Å². The predicted molar refractivity (Wildman–Crippen MR) is 124 cm³/mol. The van der Waals surface area contributed by atoms with E-state index in [-0.39, 0.29) is 42.2 Å². The van der Waals surface area contributed by atoms with E-state index in [4.69, 9.17) is 4.74 Å². The van der Waals surface area contributed by atoms with Gasteiger partial charge < -0.3 is 14.7 Å². The van der Waals surface area contributed by atoms with Crippen LogP contribution >= 0.6 is 0 Å². The van der Waals surface area contributed by atoms with Crippen LogP contribution in [-0.2, 0) is 14.8 Å². The molecule has 7 nitrogen and oxygen atoms in total. The second-order valence-electron chi connectivity index (χ2n) is 8.54. The number of fused-ring (bicyclic) bond motifs is 1. The molecule has 1 amide bonds. The number of hydrogen-bond donors (Lipinski definition) is 1. The smallest absolute Gasteiger partial charge is 0.247 e. The lowest BCUT2D eigenvalue weighted by molar-refractivity contribution is -0.131. The highest BCUT2D eigenvalue weighted by molar-refractivity contribution is 7.89. The summed E-state index contributed by atoms with van der Waals surface area (Å²) in [6, 6.07) is 10.0. The highest BCUT2D eigenvalue weighted by Crippen LogP contribution is 2.36. The standard InChI is InChI=1S/C24H31FN2O5S/c1-5-24(29)26(4)14-22-16(2)13-27(17(3)15-28)33(30,31)23-10-9-19(12-21(23)32-22)18-7-6-8-20(25)11-18/h6-12,16-17,22,28H,5,13-15H2,1-4H3/t16-,17+,22+/m0/s1. The Morgan fingerprint density at radius 3 is 2.61 bits per heavy atom. The van der Waals surface area contributed by atoms with Gasteiger partial charge in [-0.1, -0.05) is 32.0 Å². The zero-order chi connectivity index (χ0) is 24.3. The number of carbonyl (C=O) groups is 1. The van der Waals surface area contributed by atoms with Gasteiger partial charge >= 0.3 is 0 Å². The molecule has 9 heteroatoms. The maximum atomic E-state index is 13.8. The fraction of sp³-hybridized carbons (Fsp3) is 0.458. The molecule has 0 unspecified atom stereocenters. The molecule has 0 saturated heterocycles. The van der Waals surface area contributed by atoms with Gasteiger partial charge in [0.25, 0.3) is 0 Å². The molecular formula is C24H31FN2O5S. The first-order chi connectivity index (χ1) is 15.6. The van der Waals surface area contributed by atoms with Crippen molar-refractivity contribution >= 4 is 15.9 Å². The molecule has 1 aliphatic rings. The molecule has 180 valence electrons. The first-order valence-electron chi connectivity index (χ1n) is 11.0. The van der Waals surface area contributed by atoms with Crippen molar-refractivity contribution in [3.8, 4) is 16.9 Å². The summed E-state index contributed by atoms with van der Waals surface area (Å²) in [4.78, 5) is 13.7. The van der Waals surface area contributed by atoms with Crippen molar-refractivity contribution in [1.29, 1.82) is 0 Å². The Hall–Kier alpha value is -2.49. The number of aliphatic hydroxyl groups is 1. The number of sulfonamides is 1. The van der Waals surface area contributed by atoms with Gasteiger partial charge in [0.05, 0.1) is 13.2 Å². The molecule has 0 radical (unpaired) electrons. The number of carbonyl (C=O) groups excluding carboxylic acids is 1. The van der Waals surface area contributed by atoms with E-state index in [2.05, 4.69) is 0 Å². The van der Waals surface area contributed by atoms with Gasteiger partial charge in [-0.25, -0.2) is 12.8 Å². The van der Waals surface area contributed by atoms with Crippen LogP contribution in [0.1, 0.15) is 27.2 Å². The van der Waals surface area contributed by atoms with Gasteiger partial charge in [-0.05, 0) is 42.3 Å². The number of rotatable bonds is 6. The Morgan fingerprint density at radius 2 is 1.97 bits per heavy atom. The molecule has 0 bridgehead atoms. The predicted octanol–water partition coefficient (Wildman–Crippen LogP) is 3.13. The van der Waals surface area contributed by atoms with Gasteiger partial charge in [0, 0.05) is 32.0 Å². The highest BCUT2D eigenvalue weighted by atomic mass is 32.2. The molecule has 0 aliphatic carbocycles. The molecule has 0 saturated carbocycles. The number of nitrogens with zero attached hydrogens (tertiary/aromatic N) is 2. The highest BCUT2D eigenvalue weighted by Gasteiger charge is 2.38. The molecule has 0 spiro atoms. The molecule has 2 aromatic carbocycles.